The second kappa shape index (κ2) is 10.5. The Labute approximate surface area is 202 Å². The highest BCUT2D eigenvalue weighted by atomic mass is 79.9. The van der Waals surface area contributed by atoms with Crippen molar-refractivity contribution in [2.45, 2.75) is 57.7 Å². The number of halogens is 1. The Morgan fingerprint density at radius 2 is 2.15 bits per heavy atom. The summed E-state index contributed by atoms with van der Waals surface area (Å²) in [6.45, 7) is 4.23. The number of piperidine rings is 1. The zero-order valence-corrected chi connectivity index (χ0v) is 20.4. The van der Waals surface area contributed by atoms with E-state index in [9.17, 15) is 14.9 Å². The summed E-state index contributed by atoms with van der Waals surface area (Å²) in [5.41, 5.74) is 1.65. The molecule has 0 radical (unpaired) electrons. The lowest BCUT2D eigenvalue weighted by molar-refractivity contribution is -0.135. The lowest BCUT2D eigenvalue weighted by atomic mass is 10.0. The van der Waals surface area contributed by atoms with Gasteiger partial charge in [0.25, 0.3) is 5.91 Å². The van der Waals surface area contributed by atoms with Gasteiger partial charge in [-0.25, -0.2) is 0 Å². The van der Waals surface area contributed by atoms with Crippen LogP contribution >= 0.6 is 15.9 Å². The largest absolute Gasteiger partial charge is 0.376 e. The Kier molecular flexibility index (Phi) is 7.51. The number of aromatic nitrogens is 1. The quantitative estimate of drug-likeness (QED) is 0.467. The van der Waals surface area contributed by atoms with Gasteiger partial charge in [0.2, 0.25) is 5.91 Å². The molecule has 4 rings (SSSR count). The first-order valence-electron chi connectivity index (χ1n) is 11.6. The molecule has 2 aliphatic rings. The number of hydrogen-bond acceptors (Lipinski definition) is 4. The summed E-state index contributed by atoms with van der Waals surface area (Å²) < 4.78 is 8.34. The van der Waals surface area contributed by atoms with Crippen LogP contribution in [-0.2, 0) is 20.9 Å². The molecule has 2 atom stereocenters. The van der Waals surface area contributed by atoms with E-state index in [0.717, 1.165) is 59.6 Å². The van der Waals surface area contributed by atoms with Crippen molar-refractivity contribution in [3.05, 3.63) is 40.0 Å². The number of nitrogens with one attached hydrogen (secondary N) is 1. The number of likely N-dealkylation sites (tertiary alicyclic amines) is 1. The summed E-state index contributed by atoms with van der Waals surface area (Å²) in [7, 11) is 0. The molecule has 2 amide bonds. The van der Waals surface area contributed by atoms with E-state index in [-0.39, 0.29) is 30.2 Å². The van der Waals surface area contributed by atoms with Crippen LogP contribution in [0.25, 0.3) is 17.0 Å². The van der Waals surface area contributed by atoms with Gasteiger partial charge < -0.3 is 19.5 Å². The van der Waals surface area contributed by atoms with Crippen molar-refractivity contribution >= 4 is 44.7 Å². The molecule has 2 aliphatic heterocycles. The summed E-state index contributed by atoms with van der Waals surface area (Å²) in [5, 5.41) is 13.3. The van der Waals surface area contributed by atoms with E-state index in [2.05, 4.69) is 28.2 Å². The van der Waals surface area contributed by atoms with Crippen LogP contribution in [0.2, 0.25) is 0 Å². The molecule has 174 valence electrons. The molecule has 0 unspecified atom stereocenters. The number of rotatable bonds is 6. The van der Waals surface area contributed by atoms with Crippen LogP contribution in [0, 0.1) is 11.3 Å². The van der Waals surface area contributed by atoms with Crippen molar-refractivity contribution in [3.63, 3.8) is 0 Å². The Morgan fingerprint density at radius 3 is 2.88 bits per heavy atom. The molecule has 33 heavy (non-hydrogen) atoms. The molecule has 2 saturated heterocycles. The summed E-state index contributed by atoms with van der Waals surface area (Å²) in [6.07, 6.45) is 8.60. The van der Waals surface area contributed by atoms with Gasteiger partial charge in [-0.3, -0.25) is 9.59 Å². The third-order valence-corrected chi connectivity index (χ3v) is 6.98. The molecule has 1 N–H and O–H groups in total. The highest BCUT2D eigenvalue weighted by Crippen LogP contribution is 2.28. The molecule has 1 aromatic heterocycles. The number of carbonyl (C=O) groups excluding carboxylic acids is 2. The van der Waals surface area contributed by atoms with Crippen LogP contribution in [-0.4, -0.2) is 53.1 Å². The molecule has 7 nitrogen and oxygen atoms in total. The molecule has 0 spiro atoms. The Hall–Kier alpha value is -2.63. The predicted molar refractivity (Wildman–Crippen MR) is 130 cm³/mol. The van der Waals surface area contributed by atoms with Crippen molar-refractivity contribution in [2.75, 3.05) is 19.7 Å². The fourth-order valence-electron chi connectivity index (χ4n) is 4.66. The molecule has 0 aliphatic carbocycles. The summed E-state index contributed by atoms with van der Waals surface area (Å²) in [6, 6.07) is 8.11. The van der Waals surface area contributed by atoms with Crippen LogP contribution in [0.3, 0.4) is 0 Å². The van der Waals surface area contributed by atoms with E-state index in [0.29, 0.717) is 13.2 Å². The predicted octanol–water partition coefficient (Wildman–Crippen LogP) is 4.01. The normalized spacial score (nSPS) is 21.2. The number of nitrogens with zero attached hydrogens (tertiary/aromatic N) is 3. The zero-order valence-electron chi connectivity index (χ0n) is 18.8. The molecule has 1 aromatic carbocycles. The topological polar surface area (TPSA) is 87.4 Å². The second-order valence-electron chi connectivity index (χ2n) is 8.82. The fourth-order valence-corrected chi connectivity index (χ4v) is 5.02. The van der Waals surface area contributed by atoms with Gasteiger partial charge >= 0.3 is 0 Å². The van der Waals surface area contributed by atoms with Crippen LogP contribution < -0.4 is 5.32 Å². The Morgan fingerprint density at radius 1 is 1.30 bits per heavy atom. The number of ether oxygens (including phenoxy) is 1. The second-order valence-corrected chi connectivity index (χ2v) is 9.74. The van der Waals surface area contributed by atoms with Gasteiger partial charge in [-0.05, 0) is 63.3 Å². The van der Waals surface area contributed by atoms with Crippen molar-refractivity contribution in [2.24, 2.45) is 0 Å². The average molecular weight is 513 g/mol. The average Bonchev–Trinajstić information content (AvgIpc) is 3.44. The first-order valence-corrected chi connectivity index (χ1v) is 12.3. The molecular formula is C25H29BrN4O3. The third kappa shape index (κ3) is 5.48. The van der Waals surface area contributed by atoms with Gasteiger partial charge in [-0.1, -0.05) is 15.9 Å². The lowest BCUT2D eigenvalue weighted by Crippen LogP contribution is -2.43. The van der Waals surface area contributed by atoms with Crippen LogP contribution in [0.15, 0.2) is 34.4 Å². The molecule has 2 fully saturated rings. The van der Waals surface area contributed by atoms with Crippen LogP contribution in [0.5, 0.6) is 0 Å². The lowest BCUT2D eigenvalue weighted by Gasteiger charge is -2.33. The first-order chi connectivity index (χ1) is 16.0. The van der Waals surface area contributed by atoms with Gasteiger partial charge in [0, 0.05) is 52.9 Å². The van der Waals surface area contributed by atoms with Gasteiger partial charge in [-0.15, -0.1) is 0 Å². The molecule has 0 bridgehead atoms. The molecule has 3 heterocycles. The number of nitriles is 1. The maximum absolute atomic E-state index is 13.0. The fraction of sp³-hybridized carbons (Fsp3) is 0.480. The first kappa shape index (κ1) is 23.5. The van der Waals surface area contributed by atoms with Gasteiger partial charge in [-0.2, -0.15) is 5.26 Å². The molecule has 0 saturated carbocycles. The van der Waals surface area contributed by atoms with Gasteiger partial charge in [0.15, 0.2) is 0 Å². The highest BCUT2D eigenvalue weighted by molar-refractivity contribution is 9.10. The van der Waals surface area contributed by atoms with Crippen molar-refractivity contribution in [1.29, 1.82) is 5.26 Å². The summed E-state index contributed by atoms with van der Waals surface area (Å²) in [5.74, 6) is -0.325. The smallest absolute Gasteiger partial charge is 0.262 e. The minimum Gasteiger partial charge on any atom is -0.376 e. The van der Waals surface area contributed by atoms with Crippen LogP contribution in [0.4, 0.5) is 0 Å². The Balaban J connectivity index is 1.58. The Bertz CT molecular complexity index is 1110. The number of benzene rings is 1. The van der Waals surface area contributed by atoms with E-state index >= 15 is 0 Å². The maximum atomic E-state index is 13.0. The highest BCUT2D eigenvalue weighted by Gasteiger charge is 2.24. The summed E-state index contributed by atoms with van der Waals surface area (Å²) >= 11 is 3.51. The number of carbonyl (C=O) groups is 2. The molecule has 8 heteroatoms. The van der Waals surface area contributed by atoms with Crippen LogP contribution in [0.1, 0.15) is 44.6 Å². The van der Waals surface area contributed by atoms with Crippen molar-refractivity contribution < 1.29 is 14.3 Å². The third-order valence-electron chi connectivity index (χ3n) is 6.48. The minimum absolute atomic E-state index is 0.00922. The monoisotopic (exact) mass is 512 g/mol. The summed E-state index contributed by atoms with van der Waals surface area (Å²) in [4.78, 5) is 27.6. The van der Waals surface area contributed by atoms with E-state index < -0.39 is 5.91 Å². The number of amides is 2. The van der Waals surface area contributed by atoms with Gasteiger partial charge in [0.05, 0.1) is 6.10 Å². The SMILES string of the molecule is C[C@@H]1CCCCN1C(=O)Cn1cc(/C=C(\C#N)C(=O)NC[C@@H]2CCCO2)c2cc(Br)ccc21. The van der Waals surface area contributed by atoms with E-state index in [1.165, 1.54) is 0 Å². The minimum atomic E-state index is -0.415. The van der Waals surface area contributed by atoms with E-state index in [1.807, 2.05) is 39.9 Å². The zero-order chi connectivity index (χ0) is 23.4. The van der Waals surface area contributed by atoms with Crippen molar-refractivity contribution in [1.82, 2.24) is 14.8 Å². The van der Waals surface area contributed by atoms with Crippen molar-refractivity contribution in [3.8, 4) is 6.07 Å². The number of fused-ring (bicyclic) bond motifs is 1. The standard InChI is InChI=1S/C25H29BrN4O3/c1-17-5-2-3-9-30(17)24(31)16-29-15-19(22-12-20(26)7-8-23(22)29)11-18(13-27)25(32)28-14-21-6-4-10-33-21/h7-8,11-12,15,17,21H,2-6,9-10,14,16H2,1H3,(H,28,32)/b18-11+/t17-,21+/m1/s1. The maximum Gasteiger partial charge on any atom is 0.262 e. The number of hydrogen-bond donors (Lipinski definition) is 1. The molecule has 2 aromatic rings. The van der Waals surface area contributed by atoms with E-state index in [1.54, 1.807) is 6.08 Å². The molecular weight excluding hydrogens is 484 g/mol. The van der Waals surface area contributed by atoms with E-state index in [4.69, 9.17) is 4.74 Å². The van der Waals surface area contributed by atoms with Gasteiger partial charge in [0.1, 0.15) is 18.2 Å².